The largest absolute Gasteiger partial charge is 0.474 e. The van der Waals surface area contributed by atoms with E-state index in [1.54, 1.807) is 36.5 Å². The first-order valence-electron chi connectivity index (χ1n) is 56.5. The molecule has 0 aliphatic heterocycles. The van der Waals surface area contributed by atoms with Gasteiger partial charge in [-0.05, 0) is 365 Å². The van der Waals surface area contributed by atoms with Crippen LogP contribution in [0, 0.1) is 5.92 Å². The van der Waals surface area contributed by atoms with Gasteiger partial charge in [-0.25, -0.2) is 49.8 Å². The highest BCUT2D eigenvalue weighted by Crippen LogP contribution is 2.48. The van der Waals surface area contributed by atoms with Crippen LogP contribution in [0.4, 0.5) is 17.5 Å². The maximum Gasteiger partial charge on any atom is 0.225 e. The van der Waals surface area contributed by atoms with Gasteiger partial charge in [0.25, 0.3) is 0 Å². The first-order chi connectivity index (χ1) is 72.5. The van der Waals surface area contributed by atoms with Crippen molar-refractivity contribution in [1.29, 1.82) is 0 Å². The molecule has 0 radical (unpaired) electrons. The lowest BCUT2D eigenvalue weighted by Crippen LogP contribution is -2.40. The zero-order valence-electron chi connectivity index (χ0n) is 87.4. The third kappa shape index (κ3) is 26.0. The van der Waals surface area contributed by atoms with Crippen molar-refractivity contribution >= 4 is 125 Å². The number of benzene rings is 5. The first-order valence-corrected chi connectivity index (χ1v) is 60.6. The van der Waals surface area contributed by atoms with Crippen molar-refractivity contribution in [3.05, 3.63) is 263 Å². The molecule has 0 spiro atoms. The van der Waals surface area contributed by atoms with Crippen LogP contribution in [0.15, 0.2) is 183 Å². The Labute approximate surface area is 892 Å². The number of anilines is 3. The topological polar surface area (TPSA) is 196 Å². The Hall–Kier alpha value is -9.86. The number of ether oxygens (including phenoxy) is 2. The molecule has 15 aromatic rings. The standard InChI is InChI=1S/C25H32N4S.C25H31N3OS.C25H31N3S.C24H30N4S.C24H29N3OS/c1-29(16-6-9-18-7-3-2-4-8-18)20-14-12-19(13-15-20)28-24-23-21-10-5-11-22(21)30-25(23)27-17-26-24;1-28(16-6-9-18-7-3-2-4-8-18)19-12-14-20(15-13-19)29-24-23-21-10-5-11-22(21)30-25(23)27-17-26-24;1-2-7-18(8-3-1)9-4-5-10-19-13-15-20(16-14-19)28-24-23-21-11-6-12-22(21)29-25(23)27-17-26-24;1-2-28(15-17-7-4-3-5-8-17)19-13-11-18(12-14-19)27-23-22-20-9-6-10-21(20)29-24(22)26-16-25-23;1-2-27(15-17-7-4-3-5-8-17)18-11-13-19(14-12-18)28-23-22-20-9-6-10-21(20)29-24(22)26-16-25-23/h2-4,7-8,17,19-20H,5-6,9-16H2,1H3,(H,26,27,28);2-4,7-8,17,19-20H,5-6,9-16H2,1H3;1-3,7-8,17,19-20H,4-6,9-16H2,(H,26,27,28);3-5,7-8,16,18-19H,2,6,9-15H2,1H3,(H,25,26,27);3-5,7-8,16,18-19H,2,6,9-15H2,1H3. The summed E-state index contributed by atoms with van der Waals surface area (Å²) in [4.78, 5) is 69.4. The van der Waals surface area contributed by atoms with Gasteiger partial charge >= 0.3 is 0 Å². The molecule has 147 heavy (non-hydrogen) atoms. The molecular formula is C123H153N17O2S5. The van der Waals surface area contributed by atoms with Gasteiger partial charge in [-0.1, -0.05) is 178 Å². The molecule has 0 saturated heterocycles. The highest BCUT2D eigenvalue weighted by Gasteiger charge is 2.36. The molecular weight excluding hydrogens is 1910 g/mol. The lowest BCUT2D eigenvalue weighted by atomic mass is 9.83. The number of aromatic nitrogens is 10. The minimum atomic E-state index is 0.275. The molecule has 0 unspecified atom stereocenters. The minimum Gasteiger partial charge on any atom is -0.474 e. The molecule has 772 valence electrons. The van der Waals surface area contributed by atoms with Crippen LogP contribution in [0.1, 0.15) is 286 Å². The number of thiophene rings is 5. The second-order valence-electron chi connectivity index (χ2n) is 43.4. The lowest BCUT2D eigenvalue weighted by molar-refractivity contribution is 0.0850. The Kier molecular flexibility index (Phi) is 35.6. The second kappa shape index (κ2) is 50.8. The third-order valence-corrected chi connectivity index (χ3v) is 39.9. The van der Waals surface area contributed by atoms with Crippen molar-refractivity contribution in [3.8, 4) is 11.8 Å². The number of rotatable bonds is 33. The van der Waals surface area contributed by atoms with Crippen molar-refractivity contribution in [2.45, 2.75) is 358 Å². The molecule has 0 atom stereocenters. The predicted molar refractivity (Wildman–Crippen MR) is 613 cm³/mol. The Morgan fingerprint density at radius 2 is 0.565 bits per heavy atom. The molecule has 10 aromatic heterocycles. The van der Waals surface area contributed by atoms with Gasteiger partial charge in [0.15, 0.2) is 0 Å². The zero-order valence-corrected chi connectivity index (χ0v) is 91.4. The van der Waals surface area contributed by atoms with Crippen LogP contribution in [0.5, 0.6) is 11.8 Å². The van der Waals surface area contributed by atoms with Crippen molar-refractivity contribution < 1.29 is 9.47 Å². The number of nitrogens with one attached hydrogen (secondary N) is 3. The summed E-state index contributed by atoms with van der Waals surface area (Å²) >= 11 is 9.30. The van der Waals surface area contributed by atoms with Crippen LogP contribution in [0.2, 0.25) is 0 Å². The fraction of sp³-hybridized carbons (Fsp3) is 0.512. The molecule has 0 amide bonds. The van der Waals surface area contributed by atoms with E-state index in [0.717, 1.165) is 122 Å². The van der Waals surface area contributed by atoms with Crippen molar-refractivity contribution in [1.82, 2.24) is 69.4 Å². The Bertz CT molecular complexity index is 6360. The fourth-order valence-corrected chi connectivity index (χ4v) is 31.8. The summed E-state index contributed by atoms with van der Waals surface area (Å²) in [5.41, 5.74) is 14.7. The fourth-order valence-electron chi connectivity index (χ4n) is 25.7. The second-order valence-corrected chi connectivity index (χ2v) is 48.9. The molecule has 25 rings (SSSR count). The van der Waals surface area contributed by atoms with Gasteiger partial charge in [-0.3, -0.25) is 9.80 Å². The van der Waals surface area contributed by atoms with Gasteiger partial charge in [-0.2, -0.15) is 0 Å². The first kappa shape index (κ1) is 103. The number of nitrogens with zero attached hydrogens (tertiary/aromatic N) is 14. The van der Waals surface area contributed by atoms with Crippen LogP contribution >= 0.6 is 56.7 Å². The highest BCUT2D eigenvalue weighted by atomic mass is 32.1. The van der Waals surface area contributed by atoms with Gasteiger partial charge in [0.2, 0.25) is 11.8 Å². The highest BCUT2D eigenvalue weighted by molar-refractivity contribution is 7.20. The van der Waals surface area contributed by atoms with E-state index in [-0.39, 0.29) is 12.2 Å². The van der Waals surface area contributed by atoms with Gasteiger partial charge in [-0.15, -0.1) is 56.7 Å². The summed E-state index contributed by atoms with van der Waals surface area (Å²) in [5.74, 6) is 5.84. The van der Waals surface area contributed by atoms with Gasteiger partial charge < -0.3 is 35.2 Å². The summed E-state index contributed by atoms with van der Waals surface area (Å²) in [6, 6.07) is 58.7. The number of aryl methyl sites for hydroxylation is 13. The molecule has 5 saturated carbocycles. The maximum atomic E-state index is 6.47. The van der Waals surface area contributed by atoms with Crippen LogP contribution in [-0.4, -0.2) is 164 Å². The molecule has 5 fully saturated rings. The van der Waals surface area contributed by atoms with Gasteiger partial charge in [0, 0.05) is 79.8 Å². The molecule has 0 bridgehead atoms. The average Bonchev–Trinajstić information content (AvgIpc) is 1.64. The molecule has 10 heterocycles. The number of hydrogen-bond acceptors (Lipinski definition) is 24. The maximum absolute atomic E-state index is 6.47. The third-order valence-electron chi connectivity index (χ3n) is 33.9. The molecule has 10 aliphatic carbocycles. The Balaban J connectivity index is 0.000000108. The Morgan fingerprint density at radius 1 is 0.286 bits per heavy atom. The molecule has 19 nitrogen and oxygen atoms in total. The van der Waals surface area contributed by atoms with Crippen LogP contribution < -0.4 is 25.4 Å². The van der Waals surface area contributed by atoms with Gasteiger partial charge in [0.05, 0.1) is 26.9 Å². The summed E-state index contributed by atoms with van der Waals surface area (Å²) in [5, 5.41) is 17.8. The van der Waals surface area contributed by atoms with Crippen LogP contribution in [0.25, 0.3) is 51.1 Å². The van der Waals surface area contributed by atoms with E-state index in [0.29, 0.717) is 36.3 Å². The lowest BCUT2D eigenvalue weighted by Gasteiger charge is -2.37. The van der Waals surface area contributed by atoms with Crippen LogP contribution in [0.3, 0.4) is 0 Å². The van der Waals surface area contributed by atoms with Crippen molar-refractivity contribution in [3.63, 3.8) is 0 Å². The SMILES string of the molecule is CCN(Cc1ccccc1)C1CCC(Nc2ncnc3sc4c(c23)CCC4)CC1.CCN(Cc1ccccc1)C1CCC(Oc2ncnc3sc4c(c23)CCC4)CC1.CN(CCCc1ccccc1)C1CCC(Nc2ncnc3sc4c(c23)CCC4)CC1.CN(CCCc1ccccc1)C1CCC(Oc2ncnc3sc4c(c23)CCC4)CC1.c1ccc(CCCCC2CCC(Nc3ncnc4sc5c(c34)CCC5)CC2)cc1. The normalized spacial score (nSPS) is 21.4. The molecule has 10 aliphatic rings. The summed E-state index contributed by atoms with van der Waals surface area (Å²) in [7, 11) is 4.60. The van der Waals surface area contributed by atoms with E-state index in [1.165, 1.54) is 361 Å². The van der Waals surface area contributed by atoms with E-state index < -0.39 is 0 Å². The van der Waals surface area contributed by atoms with E-state index in [2.05, 4.69) is 265 Å². The smallest absolute Gasteiger partial charge is 0.225 e. The predicted octanol–water partition coefficient (Wildman–Crippen LogP) is 28.3. The average molecular weight is 2060 g/mol. The summed E-state index contributed by atoms with van der Waals surface area (Å²) in [6.07, 6.45) is 62.0. The molecule has 5 aromatic carbocycles. The minimum absolute atomic E-state index is 0.275. The number of fused-ring (bicyclic) bond motifs is 15. The quantitative estimate of drug-likeness (QED) is 0.0328. The monoisotopic (exact) mass is 2060 g/mol. The molecule has 3 N–H and O–H groups in total. The zero-order chi connectivity index (χ0) is 99.4. The van der Waals surface area contributed by atoms with E-state index in [4.69, 9.17) is 9.47 Å². The van der Waals surface area contributed by atoms with E-state index in [9.17, 15) is 0 Å². The van der Waals surface area contributed by atoms with E-state index >= 15 is 0 Å². The van der Waals surface area contributed by atoms with E-state index in [1.807, 2.05) is 56.7 Å². The van der Waals surface area contributed by atoms with Crippen molar-refractivity contribution in [2.75, 3.05) is 56.2 Å². The number of hydrogen-bond donors (Lipinski definition) is 3. The van der Waals surface area contributed by atoms with Crippen molar-refractivity contribution in [2.24, 2.45) is 5.92 Å². The Morgan fingerprint density at radius 3 is 0.898 bits per heavy atom. The molecule has 24 heteroatoms. The summed E-state index contributed by atoms with van der Waals surface area (Å²) in [6.45, 7) is 11.2. The number of unbranched alkanes of at least 4 members (excludes halogenated alkanes) is 1. The van der Waals surface area contributed by atoms with Crippen LogP contribution in [-0.2, 0) is 96.6 Å². The summed E-state index contributed by atoms with van der Waals surface area (Å²) < 4.78 is 12.9. The van der Waals surface area contributed by atoms with Gasteiger partial charge in [0.1, 0.15) is 85.5 Å².